The number of rotatable bonds is 5. The summed E-state index contributed by atoms with van der Waals surface area (Å²) in [5.41, 5.74) is 3.41. The Labute approximate surface area is 145 Å². The molecule has 1 aromatic heterocycles. The fourth-order valence-electron chi connectivity index (χ4n) is 2.22. The summed E-state index contributed by atoms with van der Waals surface area (Å²) < 4.78 is 1.85. The van der Waals surface area contributed by atoms with E-state index in [9.17, 15) is 4.79 Å². The molecule has 3 aromatic rings. The van der Waals surface area contributed by atoms with Gasteiger partial charge in [-0.25, -0.2) is 9.55 Å². The summed E-state index contributed by atoms with van der Waals surface area (Å²) in [6.45, 7) is 1.49. The summed E-state index contributed by atoms with van der Waals surface area (Å²) in [5, 5.41) is 14.4. The van der Waals surface area contributed by atoms with Gasteiger partial charge in [-0.2, -0.15) is 0 Å². The van der Waals surface area contributed by atoms with Crippen LogP contribution in [0.5, 0.6) is 0 Å². The molecule has 7 nitrogen and oxygen atoms in total. The van der Waals surface area contributed by atoms with E-state index in [1.807, 2.05) is 66.3 Å². The predicted octanol–water partition coefficient (Wildman–Crippen LogP) is 3.96. The third kappa shape index (κ3) is 4.51. The highest BCUT2D eigenvalue weighted by Crippen LogP contribution is 2.22. The number of aromatic amines is 1. The lowest BCUT2D eigenvalue weighted by atomic mass is 10.2. The molecular formula is C18H19N6O+. The number of amides is 1. The standard InChI is InChI=1S/C18H18N6O/c1-13(25)20-14-3-5-15(6-4-14)21-16-7-9-17(10-8-16)22-23-18-19-11-12-24(18)2/h3-12H,1-2H3,(H2,19,20,21,22,23,25)/p+1. The zero-order valence-electron chi connectivity index (χ0n) is 14.0. The largest absolute Gasteiger partial charge is 0.418 e. The van der Waals surface area contributed by atoms with Crippen molar-refractivity contribution in [3.05, 3.63) is 60.9 Å². The molecule has 0 aliphatic heterocycles. The van der Waals surface area contributed by atoms with Crippen LogP contribution in [0.2, 0.25) is 0 Å². The van der Waals surface area contributed by atoms with Crippen LogP contribution in [-0.2, 0) is 11.8 Å². The second-order valence-corrected chi connectivity index (χ2v) is 5.52. The Bertz CT molecular complexity index is 881. The Hall–Kier alpha value is -3.48. The fourth-order valence-corrected chi connectivity index (χ4v) is 2.22. The van der Waals surface area contributed by atoms with Crippen molar-refractivity contribution in [3.8, 4) is 0 Å². The Morgan fingerprint density at radius 2 is 1.56 bits per heavy atom. The van der Waals surface area contributed by atoms with Crippen LogP contribution < -0.4 is 15.2 Å². The second-order valence-electron chi connectivity index (χ2n) is 5.52. The van der Waals surface area contributed by atoms with Crippen LogP contribution in [0.1, 0.15) is 6.92 Å². The molecule has 2 aromatic carbocycles. The molecule has 0 aliphatic carbocycles. The number of carbonyl (C=O) groups excluding carboxylic acids is 1. The van der Waals surface area contributed by atoms with Crippen molar-refractivity contribution in [2.75, 3.05) is 10.6 Å². The summed E-state index contributed by atoms with van der Waals surface area (Å²) in [6, 6.07) is 15.2. The number of nitrogens with one attached hydrogen (secondary N) is 3. The van der Waals surface area contributed by atoms with Crippen molar-refractivity contribution in [1.82, 2.24) is 4.98 Å². The number of anilines is 3. The number of H-pyrrole nitrogens is 1. The highest BCUT2D eigenvalue weighted by atomic mass is 16.1. The SMILES string of the molecule is CC(=O)Nc1ccc(Nc2ccc(N=Nc3[nH]cc[n+]3C)cc2)cc1. The van der Waals surface area contributed by atoms with E-state index < -0.39 is 0 Å². The topological polar surface area (TPSA) is 85.5 Å². The molecule has 7 heteroatoms. The van der Waals surface area contributed by atoms with E-state index >= 15 is 0 Å². The van der Waals surface area contributed by atoms with Crippen LogP contribution >= 0.6 is 0 Å². The van der Waals surface area contributed by atoms with Gasteiger partial charge in [0, 0.05) is 29.1 Å². The van der Waals surface area contributed by atoms with E-state index in [-0.39, 0.29) is 5.91 Å². The Kier molecular flexibility index (Phi) is 4.84. The van der Waals surface area contributed by atoms with Crippen LogP contribution in [0.4, 0.5) is 28.7 Å². The molecular weight excluding hydrogens is 316 g/mol. The van der Waals surface area contributed by atoms with Crippen LogP contribution in [-0.4, -0.2) is 10.9 Å². The number of hydrogen-bond donors (Lipinski definition) is 3. The first-order valence-corrected chi connectivity index (χ1v) is 7.80. The maximum Gasteiger partial charge on any atom is 0.418 e. The monoisotopic (exact) mass is 335 g/mol. The van der Waals surface area contributed by atoms with Crippen LogP contribution in [0.15, 0.2) is 71.2 Å². The van der Waals surface area contributed by atoms with Crippen molar-refractivity contribution in [1.29, 1.82) is 0 Å². The highest BCUT2D eigenvalue weighted by molar-refractivity contribution is 5.88. The van der Waals surface area contributed by atoms with E-state index in [2.05, 4.69) is 25.8 Å². The van der Waals surface area contributed by atoms with Gasteiger partial charge in [-0.05, 0) is 48.5 Å². The minimum absolute atomic E-state index is 0.0848. The molecule has 0 spiro atoms. The molecule has 1 heterocycles. The van der Waals surface area contributed by atoms with E-state index in [0.717, 1.165) is 22.7 Å². The van der Waals surface area contributed by atoms with Crippen molar-refractivity contribution < 1.29 is 9.36 Å². The third-order valence-corrected chi connectivity index (χ3v) is 3.47. The minimum atomic E-state index is -0.0848. The average Bonchev–Trinajstić information content (AvgIpc) is 3.01. The third-order valence-electron chi connectivity index (χ3n) is 3.47. The molecule has 3 rings (SSSR count). The van der Waals surface area contributed by atoms with E-state index in [4.69, 9.17) is 0 Å². The molecule has 3 N–H and O–H groups in total. The fraction of sp³-hybridized carbons (Fsp3) is 0.111. The minimum Gasteiger partial charge on any atom is -0.356 e. The van der Waals surface area contributed by atoms with Crippen molar-refractivity contribution >= 4 is 34.6 Å². The Morgan fingerprint density at radius 1 is 0.960 bits per heavy atom. The average molecular weight is 335 g/mol. The molecule has 0 saturated carbocycles. The predicted molar refractivity (Wildman–Crippen MR) is 96.6 cm³/mol. The summed E-state index contributed by atoms with van der Waals surface area (Å²) >= 11 is 0. The van der Waals surface area contributed by atoms with E-state index in [0.29, 0.717) is 5.95 Å². The molecule has 25 heavy (non-hydrogen) atoms. The first-order chi connectivity index (χ1) is 12.1. The van der Waals surface area contributed by atoms with Gasteiger partial charge in [-0.1, -0.05) is 5.11 Å². The molecule has 1 amide bonds. The molecule has 0 atom stereocenters. The number of carbonyl (C=O) groups is 1. The molecule has 0 unspecified atom stereocenters. The maximum absolute atomic E-state index is 11.0. The number of aryl methyl sites for hydroxylation is 1. The first kappa shape index (κ1) is 16.4. The Morgan fingerprint density at radius 3 is 2.12 bits per heavy atom. The zero-order valence-corrected chi connectivity index (χ0v) is 14.0. The lowest BCUT2D eigenvalue weighted by Gasteiger charge is -2.08. The number of benzene rings is 2. The quantitative estimate of drug-likeness (QED) is 0.487. The number of hydrogen-bond acceptors (Lipinski definition) is 4. The van der Waals surface area contributed by atoms with Gasteiger partial charge >= 0.3 is 5.95 Å². The van der Waals surface area contributed by atoms with Gasteiger partial charge in [0.1, 0.15) is 5.69 Å². The molecule has 0 saturated heterocycles. The van der Waals surface area contributed by atoms with Gasteiger partial charge in [-0.15, -0.1) is 0 Å². The number of nitrogens with zero attached hydrogens (tertiary/aromatic N) is 3. The van der Waals surface area contributed by atoms with Gasteiger partial charge in [0.2, 0.25) is 5.91 Å². The summed E-state index contributed by atoms with van der Waals surface area (Å²) in [6.07, 6.45) is 3.68. The first-order valence-electron chi connectivity index (χ1n) is 7.80. The van der Waals surface area contributed by atoms with Crippen molar-refractivity contribution in [2.24, 2.45) is 17.3 Å². The normalized spacial score (nSPS) is 10.8. The molecule has 0 bridgehead atoms. The van der Waals surface area contributed by atoms with Crippen LogP contribution in [0.25, 0.3) is 0 Å². The van der Waals surface area contributed by atoms with Crippen LogP contribution in [0.3, 0.4) is 0 Å². The lowest BCUT2D eigenvalue weighted by molar-refractivity contribution is -0.657. The van der Waals surface area contributed by atoms with Crippen molar-refractivity contribution in [3.63, 3.8) is 0 Å². The van der Waals surface area contributed by atoms with Gasteiger partial charge in [-0.3, -0.25) is 4.79 Å². The van der Waals surface area contributed by atoms with Crippen molar-refractivity contribution in [2.45, 2.75) is 6.92 Å². The summed E-state index contributed by atoms with van der Waals surface area (Å²) in [7, 11) is 1.90. The van der Waals surface area contributed by atoms with E-state index in [1.165, 1.54) is 6.92 Å². The maximum atomic E-state index is 11.0. The number of imidazole rings is 1. The van der Waals surface area contributed by atoms with Crippen LogP contribution in [0, 0.1) is 0 Å². The smallest absolute Gasteiger partial charge is 0.356 e. The summed E-state index contributed by atoms with van der Waals surface area (Å²) in [5.74, 6) is 0.597. The second kappa shape index (κ2) is 7.39. The zero-order chi connectivity index (χ0) is 17.6. The Balaban J connectivity index is 1.63. The lowest BCUT2D eigenvalue weighted by Crippen LogP contribution is -2.24. The van der Waals surface area contributed by atoms with Gasteiger partial charge < -0.3 is 10.6 Å². The molecule has 126 valence electrons. The van der Waals surface area contributed by atoms with Gasteiger partial charge in [0.05, 0.1) is 19.4 Å². The molecule has 0 fully saturated rings. The number of azo groups is 1. The molecule has 0 aliphatic rings. The van der Waals surface area contributed by atoms with Gasteiger partial charge in [0.25, 0.3) is 0 Å². The van der Waals surface area contributed by atoms with E-state index in [1.54, 1.807) is 6.20 Å². The summed E-state index contributed by atoms with van der Waals surface area (Å²) in [4.78, 5) is 14.0. The number of aromatic nitrogens is 2. The van der Waals surface area contributed by atoms with Gasteiger partial charge in [0.15, 0.2) is 0 Å². The highest BCUT2D eigenvalue weighted by Gasteiger charge is 2.05. The molecule has 0 radical (unpaired) electrons.